The Morgan fingerprint density at radius 1 is 1.33 bits per heavy atom. The van der Waals surface area contributed by atoms with Crippen molar-refractivity contribution >= 4 is 0 Å². The second kappa shape index (κ2) is 8.68. The molecule has 1 nitrogen and oxygen atoms in total. The quantitative estimate of drug-likeness (QED) is 0.280. The molecule has 0 saturated heterocycles. The molecule has 0 atom stereocenters. The first-order valence-corrected chi connectivity index (χ1v) is 4.94. The summed E-state index contributed by atoms with van der Waals surface area (Å²) in [6.45, 7) is 3.71. The van der Waals surface area contributed by atoms with Gasteiger partial charge in [0.15, 0.2) is 0 Å². The van der Waals surface area contributed by atoms with E-state index in [0.717, 1.165) is 25.4 Å². The van der Waals surface area contributed by atoms with Crippen LogP contribution < -0.4 is 18.9 Å². The molecule has 0 radical (unpaired) electrons. The second-order valence-electron chi connectivity index (χ2n) is 3.17. The van der Waals surface area contributed by atoms with Gasteiger partial charge in [-0.2, -0.15) is 17.7 Å². The first-order chi connectivity index (χ1) is 6.88. The minimum Gasteiger partial charge on any atom is -0.414 e. The number of allylic oxidation sites excluding steroid dienone is 1. The number of benzene rings is 1. The third kappa shape index (κ3) is 5.13. The van der Waals surface area contributed by atoms with Crippen molar-refractivity contribution in [1.29, 1.82) is 0 Å². The Kier molecular flexibility index (Phi) is 8.32. The fourth-order valence-corrected chi connectivity index (χ4v) is 1.40. The minimum atomic E-state index is 0. The number of hydrogen-bond acceptors (Lipinski definition) is 1. The summed E-state index contributed by atoms with van der Waals surface area (Å²) in [6, 6.07) is 10.2. The van der Waals surface area contributed by atoms with Gasteiger partial charge in [0.05, 0.1) is 0 Å². The zero-order valence-corrected chi connectivity index (χ0v) is 9.70. The minimum absolute atomic E-state index is 0. The van der Waals surface area contributed by atoms with Crippen molar-refractivity contribution in [2.75, 3.05) is 7.11 Å². The number of methoxy groups -OCH3 is 1. The van der Waals surface area contributed by atoms with Crippen molar-refractivity contribution in [3.05, 3.63) is 54.7 Å². The molecule has 2 heteroatoms. The summed E-state index contributed by atoms with van der Waals surface area (Å²) in [5.41, 5.74) is 1.18. The topological polar surface area (TPSA) is 9.23 Å². The Morgan fingerprint density at radius 2 is 2.00 bits per heavy atom. The van der Waals surface area contributed by atoms with Crippen LogP contribution in [0.3, 0.4) is 0 Å². The van der Waals surface area contributed by atoms with E-state index in [1.807, 2.05) is 24.3 Å². The Balaban J connectivity index is 0.00000196. The molecule has 0 bridgehead atoms. The molecule has 0 fully saturated rings. The molecule has 0 unspecified atom stereocenters. The van der Waals surface area contributed by atoms with Crippen LogP contribution in [0.4, 0.5) is 0 Å². The van der Waals surface area contributed by atoms with Crippen molar-refractivity contribution < 1.29 is 23.6 Å². The third-order valence-corrected chi connectivity index (χ3v) is 2.15. The first-order valence-electron chi connectivity index (χ1n) is 4.94. The molecule has 0 amide bonds. The molecule has 1 aromatic rings. The van der Waals surface area contributed by atoms with Crippen LogP contribution in [0.15, 0.2) is 43.0 Å². The van der Waals surface area contributed by atoms with E-state index in [9.17, 15) is 0 Å². The molecule has 0 aliphatic rings. The van der Waals surface area contributed by atoms with Gasteiger partial charge < -0.3 is 4.74 Å². The van der Waals surface area contributed by atoms with E-state index in [1.165, 1.54) is 5.56 Å². The molecule has 15 heavy (non-hydrogen) atoms. The number of rotatable bonds is 6. The average Bonchev–Trinajstić information content (AvgIpc) is 2.26. The predicted octanol–water partition coefficient (Wildman–Crippen LogP) is 0.573. The fraction of sp³-hybridized carbons (Fsp3) is 0.308. The van der Waals surface area contributed by atoms with Gasteiger partial charge in [0, 0.05) is 7.11 Å². The molecule has 0 spiro atoms. The fourth-order valence-electron chi connectivity index (χ4n) is 1.40. The van der Waals surface area contributed by atoms with Crippen LogP contribution in [-0.2, 0) is 4.74 Å². The van der Waals surface area contributed by atoms with E-state index in [1.54, 1.807) is 7.11 Å². The van der Waals surface area contributed by atoms with E-state index < -0.39 is 0 Å². The summed E-state index contributed by atoms with van der Waals surface area (Å²) >= 11 is 0. The summed E-state index contributed by atoms with van der Waals surface area (Å²) in [5, 5.41) is 0. The predicted molar refractivity (Wildman–Crippen MR) is 59.8 cm³/mol. The molecule has 76 valence electrons. The molecule has 0 aliphatic heterocycles. The molecule has 0 N–H and O–H groups in total. The van der Waals surface area contributed by atoms with Crippen molar-refractivity contribution in [3.8, 4) is 0 Å². The normalized spacial score (nSPS) is 9.13. The van der Waals surface area contributed by atoms with Gasteiger partial charge in [0.2, 0.25) is 0 Å². The maximum atomic E-state index is 5.37. The van der Waals surface area contributed by atoms with E-state index >= 15 is 0 Å². The van der Waals surface area contributed by atoms with Gasteiger partial charge >= 0.3 is 18.9 Å². The number of hydrogen-bond donors (Lipinski definition) is 0. The standard InChI is InChI=1S/C13H17O.Li/c1-3-4-6-11-13(14-2)12-9-7-5-8-10-12;/h3,5,7-10H,1,4,6,11H2,2H3;/q-1;+1. The van der Waals surface area contributed by atoms with Crippen molar-refractivity contribution in [3.63, 3.8) is 0 Å². The average molecular weight is 196 g/mol. The van der Waals surface area contributed by atoms with E-state index in [-0.39, 0.29) is 18.9 Å². The van der Waals surface area contributed by atoms with Gasteiger partial charge in [-0.3, -0.25) is 0 Å². The summed E-state index contributed by atoms with van der Waals surface area (Å²) in [7, 11) is 1.73. The smallest absolute Gasteiger partial charge is 0.414 e. The maximum Gasteiger partial charge on any atom is 1.00 e. The summed E-state index contributed by atoms with van der Waals surface area (Å²) in [5.74, 6) is 0. The van der Waals surface area contributed by atoms with Crippen molar-refractivity contribution in [2.24, 2.45) is 0 Å². The van der Waals surface area contributed by atoms with Crippen LogP contribution in [0.2, 0.25) is 0 Å². The third-order valence-electron chi connectivity index (χ3n) is 2.15. The molecule has 0 saturated carbocycles. The van der Waals surface area contributed by atoms with Crippen molar-refractivity contribution in [1.82, 2.24) is 0 Å². The van der Waals surface area contributed by atoms with Crippen LogP contribution in [0.1, 0.15) is 24.8 Å². The van der Waals surface area contributed by atoms with Gasteiger partial charge in [-0.15, -0.1) is 18.7 Å². The Morgan fingerprint density at radius 3 is 2.53 bits per heavy atom. The van der Waals surface area contributed by atoms with Crippen LogP contribution in [0.25, 0.3) is 0 Å². The number of ether oxygens (including phenoxy) is 1. The zero-order valence-electron chi connectivity index (χ0n) is 9.70. The van der Waals surface area contributed by atoms with E-state index in [0.29, 0.717) is 0 Å². The Bertz CT molecular complexity index is 258. The molecular weight excluding hydrogens is 179 g/mol. The van der Waals surface area contributed by atoms with Crippen LogP contribution in [0.5, 0.6) is 0 Å². The summed E-state index contributed by atoms with van der Waals surface area (Å²) < 4.78 is 5.37. The maximum absolute atomic E-state index is 5.37. The van der Waals surface area contributed by atoms with E-state index in [2.05, 4.69) is 18.7 Å². The molecule has 1 rings (SSSR count). The van der Waals surface area contributed by atoms with Crippen molar-refractivity contribution in [2.45, 2.75) is 19.3 Å². The first kappa shape index (κ1) is 14.4. The molecule has 0 aliphatic carbocycles. The van der Waals surface area contributed by atoms with Gasteiger partial charge in [0.1, 0.15) is 0 Å². The monoisotopic (exact) mass is 196 g/mol. The van der Waals surface area contributed by atoms with Crippen LogP contribution >= 0.6 is 0 Å². The van der Waals surface area contributed by atoms with Gasteiger partial charge in [-0.05, 0) is 6.42 Å². The number of unbranched alkanes of at least 4 members (excludes halogenated alkanes) is 1. The van der Waals surface area contributed by atoms with Gasteiger partial charge in [-0.1, -0.05) is 31.1 Å². The summed E-state index contributed by atoms with van der Waals surface area (Å²) in [6.07, 6.45) is 6.12. The Labute approximate surface area is 105 Å². The largest absolute Gasteiger partial charge is 1.00 e. The second-order valence-corrected chi connectivity index (χ2v) is 3.17. The SMILES string of the molecule is C=CCCC[C-](OC)c1ccccc1.[Li+]. The van der Waals surface area contributed by atoms with Crippen LogP contribution in [-0.4, -0.2) is 7.11 Å². The molecule has 1 aromatic carbocycles. The summed E-state index contributed by atoms with van der Waals surface area (Å²) in [4.78, 5) is 0. The van der Waals surface area contributed by atoms with Crippen LogP contribution in [0, 0.1) is 6.10 Å². The van der Waals surface area contributed by atoms with E-state index in [4.69, 9.17) is 4.74 Å². The molecular formula is C13H17LiO. The van der Waals surface area contributed by atoms with Gasteiger partial charge in [-0.25, -0.2) is 0 Å². The Hall–Kier alpha value is -0.613. The van der Waals surface area contributed by atoms with Gasteiger partial charge in [0.25, 0.3) is 0 Å². The molecule has 0 heterocycles. The molecule has 0 aromatic heterocycles. The zero-order chi connectivity index (χ0) is 10.2.